The van der Waals surface area contributed by atoms with E-state index < -0.39 is 0 Å². The quantitative estimate of drug-likeness (QED) is 0.201. The summed E-state index contributed by atoms with van der Waals surface area (Å²) in [5.41, 5.74) is 13.1. The van der Waals surface area contributed by atoms with Crippen molar-refractivity contribution in [1.82, 2.24) is 0 Å². The molecule has 1 aliphatic heterocycles. The van der Waals surface area contributed by atoms with Gasteiger partial charge in [0, 0.05) is 59.6 Å². The second-order valence-electron chi connectivity index (χ2n) is 12.6. The van der Waals surface area contributed by atoms with Crippen LogP contribution in [0.15, 0.2) is 176 Å². The molecule has 0 spiro atoms. The Morgan fingerprint density at radius 2 is 1.00 bits per heavy atom. The molecule has 10 rings (SSSR count). The number of rotatable bonds is 5. The fourth-order valence-electron chi connectivity index (χ4n) is 7.48. The summed E-state index contributed by atoms with van der Waals surface area (Å²) in [7, 11) is 0. The SMILES string of the molecule is c1ccc(-c2ccc(N(c3ccc(-c4ccc5c6c(cccc46)-c4ccccc4N5)cc3)c3ccc4sc5ccccc5c4c3)cc2)cc1. The van der Waals surface area contributed by atoms with E-state index in [4.69, 9.17) is 0 Å². The van der Waals surface area contributed by atoms with Crippen LogP contribution in [0.3, 0.4) is 0 Å². The van der Waals surface area contributed by atoms with Crippen LogP contribution in [0.4, 0.5) is 28.4 Å². The minimum absolute atomic E-state index is 1.12. The molecule has 1 aliphatic rings. The minimum Gasteiger partial charge on any atom is -0.354 e. The highest BCUT2D eigenvalue weighted by atomic mass is 32.1. The third-order valence-corrected chi connectivity index (χ3v) is 11.0. The number of fused-ring (bicyclic) bond motifs is 5. The first-order chi connectivity index (χ1) is 24.3. The predicted molar refractivity (Wildman–Crippen MR) is 211 cm³/mol. The third-order valence-electron chi connectivity index (χ3n) is 9.81. The van der Waals surface area contributed by atoms with E-state index in [0.29, 0.717) is 0 Å². The van der Waals surface area contributed by atoms with Gasteiger partial charge in [-0.25, -0.2) is 0 Å². The topological polar surface area (TPSA) is 15.3 Å². The molecular weight excluding hydrogens is 613 g/mol. The summed E-state index contributed by atoms with van der Waals surface area (Å²) in [5.74, 6) is 0. The van der Waals surface area contributed by atoms with Crippen molar-refractivity contribution in [2.75, 3.05) is 10.2 Å². The van der Waals surface area contributed by atoms with Crippen molar-refractivity contribution in [3.8, 4) is 33.4 Å². The Morgan fingerprint density at radius 3 is 1.84 bits per heavy atom. The molecule has 2 heterocycles. The summed E-state index contributed by atoms with van der Waals surface area (Å²) in [6.45, 7) is 0. The molecule has 1 N–H and O–H groups in total. The fourth-order valence-corrected chi connectivity index (χ4v) is 8.57. The largest absolute Gasteiger partial charge is 0.354 e. The molecule has 0 saturated carbocycles. The second-order valence-corrected chi connectivity index (χ2v) is 13.7. The van der Waals surface area contributed by atoms with E-state index in [9.17, 15) is 0 Å². The maximum atomic E-state index is 3.67. The standard InChI is InChI=1S/C46H30N2S/c1-2-9-30(10-3-1)31-17-21-33(22-18-31)48(35-25-28-45-41(29-35)38-12-5-7-16-44(38)49-45)34-23-19-32(20-24-34)36-26-27-43-46-39(36)13-8-14-40(46)37-11-4-6-15-42(37)47-43/h1-29,47H. The van der Waals surface area contributed by atoms with Crippen molar-refractivity contribution < 1.29 is 0 Å². The average molecular weight is 643 g/mol. The van der Waals surface area contributed by atoms with Crippen molar-refractivity contribution in [3.05, 3.63) is 176 Å². The first-order valence-electron chi connectivity index (χ1n) is 16.7. The summed E-state index contributed by atoms with van der Waals surface area (Å²) in [5, 5.41) is 8.80. The molecule has 49 heavy (non-hydrogen) atoms. The molecule has 1 aromatic heterocycles. The number of anilines is 5. The van der Waals surface area contributed by atoms with Crippen molar-refractivity contribution in [2.24, 2.45) is 0 Å². The van der Waals surface area contributed by atoms with Crippen LogP contribution in [0.25, 0.3) is 64.3 Å². The zero-order chi connectivity index (χ0) is 32.3. The van der Waals surface area contributed by atoms with Gasteiger partial charge in [0.05, 0.1) is 0 Å². The fraction of sp³-hybridized carbons (Fsp3) is 0. The minimum atomic E-state index is 1.12. The molecule has 0 bridgehead atoms. The number of para-hydroxylation sites is 1. The first-order valence-corrected chi connectivity index (χ1v) is 17.5. The normalized spacial score (nSPS) is 11.8. The summed E-state index contributed by atoms with van der Waals surface area (Å²) in [4.78, 5) is 2.38. The molecular formula is C46H30N2S. The zero-order valence-electron chi connectivity index (χ0n) is 26.6. The van der Waals surface area contributed by atoms with Gasteiger partial charge in [-0.15, -0.1) is 11.3 Å². The summed E-state index contributed by atoms with van der Waals surface area (Å²) < 4.78 is 2.62. The molecule has 0 unspecified atom stereocenters. The zero-order valence-corrected chi connectivity index (χ0v) is 27.4. The van der Waals surface area contributed by atoms with Gasteiger partial charge in [-0.2, -0.15) is 0 Å². The first kappa shape index (κ1) is 27.9. The van der Waals surface area contributed by atoms with Gasteiger partial charge in [0.2, 0.25) is 0 Å². The van der Waals surface area contributed by atoms with E-state index in [2.05, 4.69) is 186 Å². The van der Waals surface area contributed by atoms with E-state index >= 15 is 0 Å². The molecule has 3 heteroatoms. The number of nitrogens with one attached hydrogen (secondary N) is 1. The third kappa shape index (κ3) is 4.62. The Hall–Kier alpha value is -6.16. The Balaban J connectivity index is 1.09. The van der Waals surface area contributed by atoms with Gasteiger partial charge < -0.3 is 10.2 Å². The predicted octanol–water partition coefficient (Wildman–Crippen LogP) is 13.7. The van der Waals surface area contributed by atoms with Crippen molar-refractivity contribution in [3.63, 3.8) is 0 Å². The van der Waals surface area contributed by atoms with Crippen LogP contribution in [-0.4, -0.2) is 0 Å². The van der Waals surface area contributed by atoms with Crippen LogP contribution < -0.4 is 10.2 Å². The number of benzene rings is 8. The van der Waals surface area contributed by atoms with Crippen LogP contribution in [0.1, 0.15) is 0 Å². The lowest BCUT2D eigenvalue weighted by Gasteiger charge is -2.26. The van der Waals surface area contributed by atoms with Gasteiger partial charge in [0.25, 0.3) is 0 Å². The van der Waals surface area contributed by atoms with Crippen LogP contribution in [0, 0.1) is 0 Å². The van der Waals surface area contributed by atoms with Gasteiger partial charge in [-0.1, -0.05) is 115 Å². The lowest BCUT2D eigenvalue weighted by molar-refractivity contribution is 1.29. The van der Waals surface area contributed by atoms with E-state index in [1.165, 1.54) is 64.3 Å². The highest BCUT2D eigenvalue weighted by molar-refractivity contribution is 7.25. The van der Waals surface area contributed by atoms with E-state index in [1.807, 2.05) is 11.3 Å². The van der Waals surface area contributed by atoms with E-state index in [1.54, 1.807) is 0 Å². The van der Waals surface area contributed by atoms with Crippen molar-refractivity contribution >= 4 is 70.7 Å². The van der Waals surface area contributed by atoms with Crippen LogP contribution >= 0.6 is 11.3 Å². The van der Waals surface area contributed by atoms with E-state index in [0.717, 1.165) is 28.4 Å². The van der Waals surface area contributed by atoms with Crippen molar-refractivity contribution in [2.45, 2.75) is 0 Å². The molecule has 2 nitrogen and oxygen atoms in total. The summed E-state index contributed by atoms with van der Waals surface area (Å²) in [6.07, 6.45) is 0. The molecule has 0 amide bonds. The average Bonchev–Trinajstić information content (AvgIpc) is 3.54. The maximum absolute atomic E-state index is 3.67. The Kier molecular flexibility index (Phi) is 6.39. The maximum Gasteiger partial charge on any atom is 0.0470 e. The molecule has 0 aliphatic carbocycles. The second kappa shape index (κ2) is 11.2. The molecule has 8 aromatic carbocycles. The van der Waals surface area contributed by atoms with Gasteiger partial charge in [0.15, 0.2) is 0 Å². The van der Waals surface area contributed by atoms with Crippen LogP contribution in [0.5, 0.6) is 0 Å². The number of nitrogens with zero attached hydrogens (tertiary/aromatic N) is 1. The Labute approximate surface area is 289 Å². The van der Waals surface area contributed by atoms with Gasteiger partial charge in [-0.05, 0) is 93.9 Å². The molecule has 230 valence electrons. The molecule has 0 fully saturated rings. The lowest BCUT2D eigenvalue weighted by atomic mass is 9.89. The lowest BCUT2D eigenvalue weighted by Crippen LogP contribution is -2.09. The summed E-state index contributed by atoms with van der Waals surface area (Å²) in [6, 6.07) is 63.9. The monoisotopic (exact) mass is 642 g/mol. The smallest absolute Gasteiger partial charge is 0.0470 e. The molecule has 0 radical (unpaired) electrons. The Bertz CT molecular complexity index is 2670. The number of thiophene rings is 1. The van der Waals surface area contributed by atoms with Crippen LogP contribution in [0.2, 0.25) is 0 Å². The molecule has 0 atom stereocenters. The molecule has 0 saturated heterocycles. The van der Waals surface area contributed by atoms with Gasteiger partial charge in [0.1, 0.15) is 0 Å². The Morgan fingerprint density at radius 1 is 0.367 bits per heavy atom. The molecule has 9 aromatic rings. The number of hydrogen-bond donors (Lipinski definition) is 1. The highest BCUT2D eigenvalue weighted by Gasteiger charge is 2.20. The number of hydrogen-bond acceptors (Lipinski definition) is 3. The van der Waals surface area contributed by atoms with E-state index in [-0.39, 0.29) is 0 Å². The van der Waals surface area contributed by atoms with Gasteiger partial charge in [-0.3, -0.25) is 0 Å². The highest BCUT2D eigenvalue weighted by Crippen LogP contribution is 2.47. The van der Waals surface area contributed by atoms with Crippen LogP contribution in [-0.2, 0) is 0 Å². The van der Waals surface area contributed by atoms with Crippen molar-refractivity contribution in [1.29, 1.82) is 0 Å². The summed E-state index contributed by atoms with van der Waals surface area (Å²) >= 11 is 1.85. The van der Waals surface area contributed by atoms with Gasteiger partial charge >= 0.3 is 0 Å².